The molecule has 1 aliphatic rings. The summed E-state index contributed by atoms with van der Waals surface area (Å²) in [5, 5.41) is 0. The van der Waals surface area contributed by atoms with Crippen molar-refractivity contribution >= 4 is 0 Å². The second-order valence-corrected chi connectivity index (χ2v) is 4.77. The van der Waals surface area contributed by atoms with Crippen molar-refractivity contribution in [2.45, 2.75) is 25.8 Å². The Morgan fingerprint density at radius 1 is 1.43 bits per heavy atom. The van der Waals surface area contributed by atoms with Gasteiger partial charge in [0.05, 0.1) is 0 Å². The average molecular weight is 199 g/mol. The second kappa shape index (κ2) is 5.69. The highest BCUT2D eigenvalue weighted by Gasteiger charge is 2.19. The molecule has 2 N–H and O–H groups in total. The summed E-state index contributed by atoms with van der Waals surface area (Å²) >= 11 is 0. The van der Waals surface area contributed by atoms with Gasteiger partial charge < -0.3 is 15.5 Å². The predicted octanol–water partition coefficient (Wildman–Crippen LogP) is 0.607. The molecule has 1 heterocycles. The highest BCUT2D eigenvalue weighted by atomic mass is 15.1. The van der Waals surface area contributed by atoms with Crippen LogP contribution in [0.4, 0.5) is 0 Å². The summed E-state index contributed by atoms with van der Waals surface area (Å²) in [5.74, 6) is 0.880. The van der Waals surface area contributed by atoms with E-state index in [1.54, 1.807) is 0 Å². The van der Waals surface area contributed by atoms with Crippen molar-refractivity contribution in [3.05, 3.63) is 0 Å². The maximum absolute atomic E-state index is 5.65. The minimum atomic E-state index is 0.523. The number of piperidine rings is 1. The van der Waals surface area contributed by atoms with Crippen LogP contribution in [-0.4, -0.2) is 56.1 Å². The fourth-order valence-corrected chi connectivity index (χ4v) is 2.01. The fraction of sp³-hybridized carbons (Fsp3) is 1.00. The normalized spacial score (nSPS) is 22.9. The zero-order valence-electron chi connectivity index (χ0n) is 9.87. The number of hydrogen-bond donors (Lipinski definition) is 1. The Kier molecular flexibility index (Phi) is 4.85. The maximum atomic E-state index is 5.65. The molecule has 0 spiro atoms. The van der Waals surface area contributed by atoms with E-state index in [0.717, 1.165) is 12.5 Å². The third-order valence-electron chi connectivity index (χ3n) is 3.48. The Hall–Kier alpha value is -0.120. The lowest BCUT2D eigenvalue weighted by Gasteiger charge is -2.33. The van der Waals surface area contributed by atoms with Crippen molar-refractivity contribution in [2.75, 3.05) is 40.3 Å². The molecule has 3 heteroatoms. The minimum absolute atomic E-state index is 0.523. The Balaban J connectivity index is 2.23. The van der Waals surface area contributed by atoms with Gasteiger partial charge in [0.2, 0.25) is 0 Å². The quantitative estimate of drug-likeness (QED) is 0.720. The van der Waals surface area contributed by atoms with Gasteiger partial charge in [-0.1, -0.05) is 0 Å². The largest absolute Gasteiger partial charge is 0.329 e. The van der Waals surface area contributed by atoms with Crippen molar-refractivity contribution in [2.24, 2.45) is 11.7 Å². The fourth-order valence-electron chi connectivity index (χ4n) is 2.01. The van der Waals surface area contributed by atoms with Gasteiger partial charge in [0, 0.05) is 19.1 Å². The zero-order chi connectivity index (χ0) is 10.6. The standard InChI is InChI=1S/C11H25N3/c1-10(8-12)14(3)9-11-4-6-13(2)7-5-11/h10-11H,4-9,12H2,1-3H3. The summed E-state index contributed by atoms with van der Waals surface area (Å²) in [6.45, 7) is 6.70. The molecule has 1 fully saturated rings. The first kappa shape index (κ1) is 12.0. The van der Waals surface area contributed by atoms with Gasteiger partial charge in [-0.05, 0) is 52.9 Å². The van der Waals surface area contributed by atoms with E-state index < -0.39 is 0 Å². The third kappa shape index (κ3) is 3.56. The molecular weight excluding hydrogens is 174 g/mol. The van der Waals surface area contributed by atoms with E-state index >= 15 is 0 Å². The third-order valence-corrected chi connectivity index (χ3v) is 3.48. The van der Waals surface area contributed by atoms with Crippen LogP contribution in [0.15, 0.2) is 0 Å². The van der Waals surface area contributed by atoms with Crippen LogP contribution in [0, 0.1) is 5.92 Å². The van der Waals surface area contributed by atoms with E-state index in [1.807, 2.05) is 0 Å². The lowest BCUT2D eigenvalue weighted by Crippen LogP contribution is -2.41. The first-order chi connectivity index (χ1) is 6.63. The first-order valence-corrected chi connectivity index (χ1v) is 5.72. The van der Waals surface area contributed by atoms with Gasteiger partial charge >= 0.3 is 0 Å². The first-order valence-electron chi connectivity index (χ1n) is 5.72. The molecule has 0 aromatic heterocycles. The molecule has 1 aliphatic heterocycles. The molecule has 1 atom stereocenters. The molecule has 0 radical (unpaired) electrons. The Morgan fingerprint density at radius 2 is 2.00 bits per heavy atom. The number of hydrogen-bond acceptors (Lipinski definition) is 3. The number of nitrogens with two attached hydrogens (primary N) is 1. The van der Waals surface area contributed by atoms with Gasteiger partial charge in [-0.3, -0.25) is 0 Å². The molecule has 1 saturated heterocycles. The van der Waals surface area contributed by atoms with Crippen LogP contribution in [0.2, 0.25) is 0 Å². The van der Waals surface area contributed by atoms with Crippen molar-refractivity contribution in [1.29, 1.82) is 0 Å². The second-order valence-electron chi connectivity index (χ2n) is 4.77. The number of likely N-dealkylation sites (tertiary alicyclic amines) is 1. The lowest BCUT2D eigenvalue weighted by atomic mass is 9.96. The van der Waals surface area contributed by atoms with E-state index in [-0.39, 0.29) is 0 Å². The Labute approximate surface area is 88.2 Å². The van der Waals surface area contributed by atoms with Crippen LogP contribution in [0.5, 0.6) is 0 Å². The monoisotopic (exact) mass is 199 g/mol. The zero-order valence-corrected chi connectivity index (χ0v) is 9.87. The minimum Gasteiger partial charge on any atom is -0.329 e. The SMILES string of the molecule is CC(CN)N(C)CC1CCN(C)CC1. The molecule has 0 saturated carbocycles. The van der Waals surface area contributed by atoms with E-state index in [1.165, 1.54) is 32.5 Å². The van der Waals surface area contributed by atoms with Crippen molar-refractivity contribution in [3.63, 3.8) is 0 Å². The number of nitrogens with zero attached hydrogens (tertiary/aromatic N) is 2. The molecule has 0 aromatic carbocycles. The van der Waals surface area contributed by atoms with Gasteiger partial charge in [0.1, 0.15) is 0 Å². The summed E-state index contributed by atoms with van der Waals surface area (Å²) in [7, 11) is 4.40. The van der Waals surface area contributed by atoms with E-state index in [2.05, 4.69) is 30.8 Å². The summed E-state index contributed by atoms with van der Waals surface area (Å²) in [6.07, 6.45) is 2.69. The van der Waals surface area contributed by atoms with Gasteiger partial charge in [-0.15, -0.1) is 0 Å². The Morgan fingerprint density at radius 3 is 2.50 bits per heavy atom. The average Bonchev–Trinajstić information content (AvgIpc) is 2.20. The molecule has 1 rings (SSSR count). The van der Waals surface area contributed by atoms with Gasteiger partial charge in [0.25, 0.3) is 0 Å². The summed E-state index contributed by atoms with van der Waals surface area (Å²) in [6, 6.07) is 0.523. The molecular formula is C11H25N3. The van der Waals surface area contributed by atoms with Gasteiger partial charge in [0.15, 0.2) is 0 Å². The molecule has 14 heavy (non-hydrogen) atoms. The number of likely N-dealkylation sites (N-methyl/N-ethyl adjacent to an activating group) is 1. The van der Waals surface area contributed by atoms with Gasteiger partial charge in [-0.25, -0.2) is 0 Å². The van der Waals surface area contributed by atoms with Crippen LogP contribution in [0.25, 0.3) is 0 Å². The van der Waals surface area contributed by atoms with Crippen LogP contribution in [0.1, 0.15) is 19.8 Å². The molecule has 0 aliphatic carbocycles. The van der Waals surface area contributed by atoms with Crippen LogP contribution < -0.4 is 5.73 Å². The Bertz CT molecular complexity index is 153. The van der Waals surface area contributed by atoms with Crippen LogP contribution in [0.3, 0.4) is 0 Å². The smallest absolute Gasteiger partial charge is 0.0187 e. The highest BCUT2D eigenvalue weighted by Crippen LogP contribution is 2.17. The predicted molar refractivity (Wildman–Crippen MR) is 61.4 cm³/mol. The molecule has 3 nitrogen and oxygen atoms in total. The molecule has 0 aromatic rings. The van der Waals surface area contributed by atoms with E-state index in [9.17, 15) is 0 Å². The van der Waals surface area contributed by atoms with Gasteiger partial charge in [-0.2, -0.15) is 0 Å². The lowest BCUT2D eigenvalue weighted by molar-refractivity contribution is 0.157. The van der Waals surface area contributed by atoms with Crippen LogP contribution in [-0.2, 0) is 0 Å². The maximum Gasteiger partial charge on any atom is 0.0187 e. The van der Waals surface area contributed by atoms with Crippen molar-refractivity contribution in [3.8, 4) is 0 Å². The molecule has 1 unspecified atom stereocenters. The summed E-state index contributed by atoms with van der Waals surface area (Å²) in [4.78, 5) is 4.82. The topological polar surface area (TPSA) is 32.5 Å². The number of rotatable bonds is 4. The molecule has 0 bridgehead atoms. The molecule has 84 valence electrons. The molecule has 0 amide bonds. The van der Waals surface area contributed by atoms with E-state index in [4.69, 9.17) is 5.73 Å². The van der Waals surface area contributed by atoms with Crippen molar-refractivity contribution < 1.29 is 0 Å². The highest BCUT2D eigenvalue weighted by molar-refractivity contribution is 4.74. The van der Waals surface area contributed by atoms with E-state index in [0.29, 0.717) is 6.04 Å². The van der Waals surface area contributed by atoms with Crippen molar-refractivity contribution in [1.82, 2.24) is 9.80 Å². The van der Waals surface area contributed by atoms with Crippen LogP contribution >= 0.6 is 0 Å². The summed E-state index contributed by atoms with van der Waals surface area (Å²) < 4.78 is 0. The summed E-state index contributed by atoms with van der Waals surface area (Å²) in [5.41, 5.74) is 5.65.